The van der Waals surface area contributed by atoms with Gasteiger partial charge in [-0.15, -0.1) is 4.91 Å². The average Bonchev–Trinajstić information content (AvgIpc) is 3.86. The van der Waals surface area contributed by atoms with Gasteiger partial charge in [0.1, 0.15) is 18.1 Å². The number of rotatable bonds is 19. The fraction of sp³-hybridized carbons (Fsp3) is 0.576. The zero-order chi connectivity index (χ0) is 31.5. The van der Waals surface area contributed by atoms with Gasteiger partial charge in [0.05, 0.1) is 12.2 Å². The molecular formula is C33H52N6O4. The van der Waals surface area contributed by atoms with Gasteiger partial charge < -0.3 is 31.1 Å². The highest BCUT2D eigenvalue weighted by Crippen LogP contribution is 2.36. The lowest BCUT2D eigenvalue weighted by Crippen LogP contribution is -2.44. The van der Waals surface area contributed by atoms with Gasteiger partial charge in [-0.1, -0.05) is 45.4 Å². The van der Waals surface area contributed by atoms with Crippen LogP contribution in [-0.4, -0.2) is 66.9 Å². The first kappa shape index (κ1) is 35.7. The van der Waals surface area contributed by atoms with E-state index in [9.17, 15) is 9.70 Å². The van der Waals surface area contributed by atoms with Crippen molar-refractivity contribution in [1.82, 2.24) is 20.5 Å². The normalized spacial score (nSPS) is 13.5. The Kier molecular flexibility index (Phi) is 16.9. The van der Waals surface area contributed by atoms with E-state index in [-0.39, 0.29) is 25.2 Å². The molecule has 0 spiro atoms. The summed E-state index contributed by atoms with van der Waals surface area (Å²) in [6.07, 6.45) is 12.0. The standard InChI is InChI=1S/C25H42N6O3.C8H10O/c1-4-6-9-22(31(3)17-23(32)29-18-30-33)24(20-10-11-20)28-15-16-34-25-19(5-2)12-14-27-21(25)8-7-13-26;1-2-7-3-5-8(9)6-4-7/h9,12,14,20,24,28H,4-8,10-11,13,15-18,26H2,1-3H3,(H,29,32);3-6,9H,2H2,1H3/b22-9+;. The van der Waals surface area contributed by atoms with Crippen LogP contribution in [0.15, 0.2) is 53.5 Å². The van der Waals surface area contributed by atoms with Gasteiger partial charge >= 0.3 is 0 Å². The highest BCUT2D eigenvalue weighted by Gasteiger charge is 2.34. The van der Waals surface area contributed by atoms with E-state index >= 15 is 0 Å². The number of allylic oxidation sites excluding steroid dienone is 1. The van der Waals surface area contributed by atoms with Crippen LogP contribution in [0.2, 0.25) is 0 Å². The summed E-state index contributed by atoms with van der Waals surface area (Å²) >= 11 is 0. The Morgan fingerprint density at radius 1 is 1.21 bits per heavy atom. The second-order valence-electron chi connectivity index (χ2n) is 10.8. The number of ether oxygens (including phenoxy) is 1. The number of aromatic nitrogens is 1. The Bertz CT molecular complexity index is 1120. The van der Waals surface area contributed by atoms with E-state index in [1.165, 1.54) is 24.0 Å². The fourth-order valence-corrected chi connectivity index (χ4v) is 4.78. The molecule has 3 rings (SSSR count). The molecule has 1 heterocycles. The molecule has 0 aliphatic heterocycles. The topological polar surface area (TPSA) is 142 Å². The predicted molar refractivity (Wildman–Crippen MR) is 173 cm³/mol. The van der Waals surface area contributed by atoms with Crippen LogP contribution in [0.25, 0.3) is 0 Å². The summed E-state index contributed by atoms with van der Waals surface area (Å²) in [4.78, 5) is 29.0. The van der Waals surface area contributed by atoms with Crippen LogP contribution < -0.4 is 21.1 Å². The number of hydrogen-bond acceptors (Lipinski definition) is 9. The average molecular weight is 597 g/mol. The van der Waals surface area contributed by atoms with Crippen LogP contribution in [0.1, 0.15) is 69.7 Å². The SMILES string of the molecule is CCC/C=C(\C(NCCOc1c(CC)ccnc1CCCN)C1CC1)N(C)CC(=O)NCN=O.CCc1ccc(O)cc1. The first-order chi connectivity index (χ1) is 20.9. The minimum absolute atomic E-state index is 0.161. The van der Waals surface area contributed by atoms with E-state index in [0.717, 1.165) is 55.7 Å². The second kappa shape index (κ2) is 20.4. The summed E-state index contributed by atoms with van der Waals surface area (Å²) in [6.45, 7) is 8.19. The van der Waals surface area contributed by atoms with Crippen LogP contribution in [0.5, 0.6) is 11.5 Å². The van der Waals surface area contributed by atoms with Gasteiger partial charge in [-0.25, -0.2) is 0 Å². The van der Waals surface area contributed by atoms with E-state index in [1.807, 2.05) is 36.3 Å². The number of aryl methyl sites for hydroxylation is 3. The molecule has 0 saturated heterocycles. The number of hydrogen-bond donors (Lipinski definition) is 4. The quantitative estimate of drug-likeness (QED) is 0.135. The molecule has 1 fully saturated rings. The van der Waals surface area contributed by atoms with Gasteiger partial charge in [0.2, 0.25) is 5.91 Å². The van der Waals surface area contributed by atoms with Crippen molar-refractivity contribution in [3.8, 4) is 11.5 Å². The fourth-order valence-electron chi connectivity index (χ4n) is 4.78. The lowest BCUT2D eigenvalue weighted by Gasteiger charge is -2.30. The molecular weight excluding hydrogens is 544 g/mol. The number of aromatic hydroxyl groups is 1. The van der Waals surface area contributed by atoms with Crippen molar-refractivity contribution in [3.05, 3.63) is 70.0 Å². The summed E-state index contributed by atoms with van der Waals surface area (Å²) in [5, 5.41) is 17.8. The summed E-state index contributed by atoms with van der Waals surface area (Å²) < 4.78 is 6.23. The zero-order valence-electron chi connectivity index (χ0n) is 26.5. The van der Waals surface area contributed by atoms with Gasteiger partial charge in [-0.2, -0.15) is 0 Å². The van der Waals surface area contributed by atoms with Crippen molar-refractivity contribution in [3.63, 3.8) is 0 Å². The van der Waals surface area contributed by atoms with Crippen molar-refractivity contribution < 1.29 is 14.6 Å². The highest BCUT2D eigenvalue weighted by molar-refractivity contribution is 5.78. The van der Waals surface area contributed by atoms with Crippen LogP contribution in [0.3, 0.4) is 0 Å². The maximum absolute atomic E-state index is 12.2. The molecule has 1 saturated carbocycles. The van der Waals surface area contributed by atoms with E-state index < -0.39 is 0 Å². The summed E-state index contributed by atoms with van der Waals surface area (Å²) in [6, 6.07) is 9.45. The smallest absolute Gasteiger partial charge is 0.241 e. The zero-order valence-corrected chi connectivity index (χ0v) is 26.5. The number of nitrogens with one attached hydrogen (secondary N) is 2. The first-order valence-corrected chi connectivity index (χ1v) is 15.7. The largest absolute Gasteiger partial charge is 0.508 e. The van der Waals surface area contributed by atoms with E-state index in [2.05, 4.69) is 47.6 Å². The van der Waals surface area contributed by atoms with Crippen molar-refractivity contribution in [2.45, 2.75) is 78.2 Å². The predicted octanol–water partition coefficient (Wildman–Crippen LogP) is 4.69. The molecule has 1 atom stereocenters. The molecule has 238 valence electrons. The number of unbranched alkanes of at least 4 members (excludes halogenated alkanes) is 1. The van der Waals surface area contributed by atoms with Gasteiger partial charge in [0.15, 0.2) is 6.67 Å². The number of likely N-dealkylation sites (N-methyl/N-ethyl adjacent to an activating group) is 1. The van der Waals surface area contributed by atoms with Crippen molar-refractivity contribution in [2.24, 2.45) is 16.8 Å². The van der Waals surface area contributed by atoms with Gasteiger partial charge in [0.25, 0.3) is 0 Å². The third kappa shape index (κ3) is 13.1. The number of nitrogens with two attached hydrogens (primary N) is 1. The number of benzene rings is 1. The lowest BCUT2D eigenvalue weighted by molar-refractivity contribution is -0.121. The number of phenolic OH excluding ortho intramolecular Hbond substituents is 1. The third-order valence-corrected chi connectivity index (χ3v) is 7.33. The van der Waals surface area contributed by atoms with Gasteiger partial charge in [-0.05, 0) is 91.9 Å². The van der Waals surface area contributed by atoms with Gasteiger partial charge in [-0.3, -0.25) is 9.78 Å². The number of phenols is 1. The molecule has 1 aromatic carbocycles. The second-order valence-corrected chi connectivity index (χ2v) is 10.8. The molecule has 10 heteroatoms. The molecule has 10 nitrogen and oxygen atoms in total. The molecule has 0 radical (unpaired) electrons. The minimum Gasteiger partial charge on any atom is -0.508 e. The van der Waals surface area contributed by atoms with Crippen molar-refractivity contribution in [1.29, 1.82) is 0 Å². The number of pyridine rings is 1. The maximum Gasteiger partial charge on any atom is 0.241 e. The molecule has 1 aliphatic carbocycles. The third-order valence-electron chi connectivity index (χ3n) is 7.33. The molecule has 43 heavy (non-hydrogen) atoms. The van der Waals surface area contributed by atoms with Gasteiger partial charge in [0, 0.05) is 31.5 Å². The molecule has 0 bridgehead atoms. The Morgan fingerprint density at radius 2 is 1.95 bits per heavy atom. The summed E-state index contributed by atoms with van der Waals surface area (Å²) in [5.74, 6) is 1.57. The monoisotopic (exact) mass is 596 g/mol. The Labute approximate surface area is 257 Å². The molecule has 2 aromatic rings. The Hall–Kier alpha value is -3.50. The lowest BCUT2D eigenvalue weighted by atomic mass is 10.1. The number of nitrogens with zero attached hydrogens (tertiary/aromatic N) is 3. The van der Waals surface area contributed by atoms with E-state index in [4.69, 9.17) is 15.6 Å². The number of carbonyl (C=O) groups excluding carboxylic acids is 1. The molecule has 1 aromatic heterocycles. The highest BCUT2D eigenvalue weighted by atomic mass is 16.5. The summed E-state index contributed by atoms with van der Waals surface area (Å²) in [7, 11) is 1.93. The van der Waals surface area contributed by atoms with Crippen molar-refractivity contribution in [2.75, 3.05) is 40.0 Å². The molecule has 1 unspecified atom stereocenters. The van der Waals surface area contributed by atoms with Crippen LogP contribution >= 0.6 is 0 Å². The van der Waals surface area contributed by atoms with Crippen LogP contribution in [0.4, 0.5) is 0 Å². The van der Waals surface area contributed by atoms with Crippen LogP contribution in [0, 0.1) is 10.8 Å². The summed E-state index contributed by atoms with van der Waals surface area (Å²) in [5.41, 5.74) is 10.2. The maximum atomic E-state index is 12.2. The van der Waals surface area contributed by atoms with E-state index in [0.29, 0.717) is 31.4 Å². The van der Waals surface area contributed by atoms with Crippen molar-refractivity contribution >= 4 is 5.91 Å². The number of carbonyl (C=O) groups is 1. The minimum atomic E-state index is -0.212. The first-order valence-electron chi connectivity index (χ1n) is 15.7. The molecule has 1 aliphatic rings. The number of nitroso groups, excluding NO2 is 1. The molecule has 1 amide bonds. The van der Waals surface area contributed by atoms with Crippen LogP contribution in [-0.2, 0) is 24.1 Å². The number of amides is 1. The Morgan fingerprint density at radius 3 is 2.56 bits per heavy atom. The molecule has 5 N–H and O–H groups in total. The Balaban J connectivity index is 0.000000609. The van der Waals surface area contributed by atoms with E-state index in [1.54, 1.807) is 12.1 Å².